The molecule has 0 aliphatic carbocycles. The van der Waals surface area contributed by atoms with Gasteiger partial charge in [0, 0.05) is 31.6 Å². The summed E-state index contributed by atoms with van der Waals surface area (Å²) in [7, 11) is 7.05. The van der Waals surface area contributed by atoms with Crippen LogP contribution in [0.5, 0.6) is 11.5 Å². The predicted octanol–water partition coefficient (Wildman–Crippen LogP) is 1.12. The van der Waals surface area contributed by atoms with E-state index in [0.29, 0.717) is 30.3 Å². The maximum absolute atomic E-state index is 12.4. The lowest BCUT2D eigenvalue weighted by Crippen LogP contribution is -2.41. The lowest BCUT2D eigenvalue weighted by atomic mass is 10.1. The van der Waals surface area contributed by atoms with Crippen LogP contribution in [0.2, 0.25) is 0 Å². The molecule has 25 heavy (non-hydrogen) atoms. The van der Waals surface area contributed by atoms with Crippen LogP contribution < -0.4 is 19.7 Å². The van der Waals surface area contributed by atoms with Crippen LogP contribution in [-0.4, -0.2) is 64.2 Å². The van der Waals surface area contributed by atoms with Gasteiger partial charge in [0.25, 0.3) is 0 Å². The number of amides is 2. The molecule has 1 aromatic carbocycles. The monoisotopic (exact) mass is 349 g/mol. The van der Waals surface area contributed by atoms with Gasteiger partial charge in [0.2, 0.25) is 11.8 Å². The van der Waals surface area contributed by atoms with Gasteiger partial charge in [-0.3, -0.25) is 9.59 Å². The third-order valence-corrected chi connectivity index (χ3v) is 4.63. The molecule has 1 aromatic rings. The summed E-state index contributed by atoms with van der Waals surface area (Å²) in [6.07, 6.45) is 0.197. The van der Waals surface area contributed by atoms with Crippen molar-refractivity contribution in [3.05, 3.63) is 18.2 Å². The van der Waals surface area contributed by atoms with Crippen LogP contribution in [0.25, 0.3) is 0 Å². The molecule has 1 heterocycles. The molecule has 2 atom stereocenters. The molecule has 138 valence electrons. The maximum atomic E-state index is 12.4. The molecule has 0 aromatic heterocycles. The summed E-state index contributed by atoms with van der Waals surface area (Å²) < 4.78 is 10.6. The van der Waals surface area contributed by atoms with E-state index in [0.717, 1.165) is 0 Å². The smallest absolute Gasteiger partial charge is 0.227 e. The van der Waals surface area contributed by atoms with Gasteiger partial charge in [0.05, 0.1) is 25.8 Å². The largest absolute Gasteiger partial charge is 0.497 e. The van der Waals surface area contributed by atoms with Crippen molar-refractivity contribution in [3.8, 4) is 11.5 Å². The average Bonchev–Trinajstić information content (AvgIpc) is 3.00. The van der Waals surface area contributed by atoms with Gasteiger partial charge in [-0.05, 0) is 33.2 Å². The average molecular weight is 349 g/mol. The fourth-order valence-electron chi connectivity index (χ4n) is 2.70. The fraction of sp³-hybridized carbons (Fsp3) is 0.556. The van der Waals surface area contributed by atoms with Crippen LogP contribution in [0.1, 0.15) is 13.3 Å². The first-order chi connectivity index (χ1) is 11.9. The molecule has 0 radical (unpaired) electrons. The van der Waals surface area contributed by atoms with Crippen LogP contribution in [-0.2, 0) is 9.59 Å². The summed E-state index contributed by atoms with van der Waals surface area (Å²) in [5.74, 6) is 0.671. The van der Waals surface area contributed by atoms with E-state index in [-0.39, 0.29) is 30.2 Å². The molecule has 7 nitrogen and oxygen atoms in total. The Morgan fingerprint density at radius 1 is 1.36 bits per heavy atom. The van der Waals surface area contributed by atoms with Crippen molar-refractivity contribution in [2.75, 3.05) is 46.3 Å². The lowest BCUT2D eigenvalue weighted by Gasteiger charge is -2.22. The number of hydrogen-bond donors (Lipinski definition) is 1. The Hall–Kier alpha value is -2.28. The summed E-state index contributed by atoms with van der Waals surface area (Å²) in [4.78, 5) is 28.5. The normalized spacial score (nSPS) is 18.4. The van der Waals surface area contributed by atoms with E-state index in [1.54, 1.807) is 37.3 Å². The van der Waals surface area contributed by atoms with Gasteiger partial charge in [-0.25, -0.2) is 0 Å². The van der Waals surface area contributed by atoms with E-state index in [4.69, 9.17) is 9.47 Å². The molecule has 0 unspecified atom stereocenters. The topological polar surface area (TPSA) is 71.1 Å². The zero-order valence-corrected chi connectivity index (χ0v) is 15.5. The van der Waals surface area contributed by atoms with E-state index in [9.17, 15) is 9.59 Å². The van der Waals surface area contributed by atoms with Crippen LogP contribution in [0.3, 0.4) is 0 Å². The number of carbonyl (C=O) groups excluding carboxylic acids is 2. The van der Waals surface area contributed by atoms with E-state index < -0.39 is 0 Å². The molecule has 1 aliphatic heterocycles. The Kier molecular flexibility index (Phi) is 6.25. The summed E-state index contributed by atoms with van der Waals surface area (Å²) in [5, 5.41) is 2.93. The van der Waals surface area contributed by atoms with Crippen LogP contribution in [0.4, 0.5) is 5.69 Å². The van der Waals surface area contributed by atoms with Crippen molar-refractivity contribution in [2.45, 2.75) is 19.4 Å². The Labute approximate surface area is 148 Å². The van der Waals surface area contributed by atoms with E-state index in [1.165, 1.54) is 0 Å². The molecule has 0 bridgehead atoms. The van der Waals surface area contributed by atoms with Crippen molar-refractivity contribution in [3.63, 3.8) is 0 Å². The Bertz CT molecular complexity index is 633. The molecule has 2 amide bonds. The zero-order chi connectivity index (χ0) is 18.6. The first-order valence-electron chi connectivity index (χ1n) is 8.33. The number of anilines is 1. The summed E-state index contributed by atoms with van der Waals surface area (Å²) >= 11 is 0. The molecule has 1 N–H and O–H groups in total. The van der Waals surface area contributed by atoms with Crippen molar-refractivity contribution in [1.29, 1.82) is 0 Å². The highest BCUT2D eigenvalue weighted by molar-refractivity contribution is 6.01. The minimum atomic E-state index is -0.363. The van der Waals surface area contributed by atoms with E-state index >= 15 is 0 Å². The SMILES string of the molecule is COc1ccc(OC)c(N2C[C@@H](C(=O)NC[C@@H](C)N(C)C)CC2=O)c1. The van der Waals surface area contributed by atoms with Gasteiger partial charge in [-0.1, -0.05) is 0 Å². The first-order valence-corrected chi connectivity index (χ1v) is 8.33. The predicted molar refractivity (Wildman–Crippen MR) is 96.2 cm³/mol. The Morgan fingerprint density at radius 2 is 2.08 bits per heavy atom. The van der Waals surface area contributed by atoms with E-state index in [1.807, 2.05) is 25.9 Å². The molecule has 7 heteroatoms. The number of hydrogen-bond acceptors (Lipinski definition) is 5. The third kappa shape index (κ3) is 4.42. The first kappa shape index (κ1) is 19.1. The molecular formula is C18H27N3O4. The lowest BCUT2D eigenvalue weighted by molar-refractivity contribution is -0.126. The summed E-state index contributed by atoms with van der Waals surface area (Å²) in [5.41, 5.74) is 0.629. The Balaban J connectivity index is 2.08. The van der Waals surface area contributed by atoms with E-state index in [2.05, 4.69) is 5.32 Å². The minimum absolute atomic E-state index is 0.0904. The molecule has 1 saturated heterocycles. The maximum Gasteiger partial charge on any atom is 0.227 e. The van der Waals surface area contributed by atoms with Gasteiger partial charge in [0.1, 0.15) is 11.5 Å². The highest BCUT2D eigenvalue weighted by Crippen LogP contribution is 2.36. The van der Waals surface area contributed by atoms with Gasteiger partial charge >= 0.3 is 0 Å². The second kappa shape index (κ2) is 8.20. The van der Waals surface area contributed by atoms with Crippen LogP contribution in [0, 0.1) is 5.92 Å². The molecule has 2 rings (SSSR count). The number of benzene rings is 1. The number of carbonyl (C=O) groups is 2. The molecular weight excluding hydrogens is 322 g/mol. The minimum Gasteiger partial charge on any atom is -0.497 e. The van der Waals surface area contributed by atoms with Gasteiger partial charge in [-0.2, -0.15) is 0 Å². The standard InChI is InChI=1S/C18H27N3O4/c1-12(20(2)3)10-19-18(23)13-8-17(22)21(11-13)15-9-14(24-4)6-7-16(15)25-5/h6-7,9,12-13H,8,10-11H2,1-5H3,(H,19,23)/t12-,13+/m1/s1. The number of methoxy groups -OCH3 is 2. The number of nitrogens with zero attached hydrogens (tertiary/aromatic N) is 2. The summed E-state index contributed by atoms with van der Waals surface area (Å²) in [6, 6.07) is 5.52. The quantitative estimate of drug-likeness (QED) is 0.799. The molecule has 0 spiro atoms. The number of likely N-dealkylation sites (N-methyl/N-ethyl adjacent to an activating group) is 1. The zero-order valence-electron chi connectivity index (χ0n) is 15.5. The molecule has 1 fully saturated rings. The van der Waals surface area contributed by atoms with Gasteiger partial charge in [0.15, 0.2) is 0 Å². The summed E-state index contributed by atoms with van der Waals surface area (Å²) in [6.45, 7) is 2.93. The molecule has 0 saturated carbocycles. The Morgan fingerprint density at radius 3 is 2.68 bits per heavy atom. The van der Waals surface area contributed by atoms with Crippen LogP contribution in [0.15, 0.2) is 18.2 Å². The third-order valence-electron chi connectivity index (χ3n) is 4.63. The van der Waals surface area contributed by atoms with Crippen molar-refractivity contribution in [1.82, 2.24) is 10.2 Å². The highest BCUT2D eigenvalue weighted by atomic mass is 16.5. The highest BCUT2D eigenvalue weighted by Gasteiger charge is 2.36. The number of rotatable bonds is 7. The van der Waals surface area contributed by atoms with Crippen molar-refractivity contribution < 1.29 is 19.1 Å². The molecule has 1 aliphatic rings. The second-order valence-electron chi connectivity index (χ2n) is 6.50. The number of ether oxygens (including phenoxy) is 2. The fourth-order valence-corrected chi connectivity index (χ4v) is 2.70. The van der Waals surface area contributed by atoms with Gasteiger partial charge in [-0.15, -0.1) is 0 Å². The second-order valence-corrected chi connectivity index (χ2v) is 6.50. The van der Waals surface area contributed by atoms with Crippen molar-refractivity contribution in [2.24, 2.45) is 5.92 Å². The van der Waals surface area contributed by atoms with Crippen LogP contribution >= 0.6 is 0 Å². The number of nitrogens with one attached hydrogen (secondary N) is 1. The van der Waals surface area contributed by atoms with Crippen molar-refractivity contribution >= 4 is 17.5 Å². The van der Waals surface area contributed by atoms with Gasteiger partial charge < -0.3 is 24.6 Å².